The zero-order valence-electron chi connectivity index (χ0n) is 30.1. The molecule has 2 atom stereocenters. The van der Waals surface area contributed by atoms with Crippen LogP contribution in [-0.4, -0.2) is 91.7 Å². The number of thiazole rings is 1. The van der Waals surface area contributed by atoms with E-state index in [9.17, 15) is 19.2 Å². The Bertz CT molecular complexity index is 2010. The van der Waals surface area contributed by atoms with Gasteiger partial charge in [-0.25, -0.2) is 4.98 Å². The fraction of sp³-hybridized carbons (Fsp3) is 0.452. The summed E-state index contributed by atoms with van der Waals surface area (Å²) in [6.45, 7) is 5.56. The molecule has 3 fully saturated rings. The first-order valence-electron chi connectivity index (χ1n) is 18.9. The van der Waals surface area contributed by atoms with Crippen molar-refractivity contribution in [3.8, 4) is 22.1 Å². The number of benzene rings is 3. The third kappa shape index (κ3) is 7.65. The van der Waals surface area contributed by atoms with E-state index in [1.165, 1.54) is 5.69 Å². The molecule has 2 aliphatic heterocycles. The summed E-state index contributed by atoms with van der Waals surface area (Å²) in [7, 11) is 1.68. The number of likely N-dealkylation sites (tertiary alicyclic amines) is 1. The third-order valence-electron chi connectivity index (χ3n) is 11.2. The van der Waals surface area contributed by atoms with E-state index in [1.807, 2.05) is 18.2 Å². The van der Waals surface area contributed by atoms with Crippen LogP contribution in [0.3, 0.4) is 0 Å². The maximum atomic E-state index is 13.2. The fourth-order valence-electron chi connectivity index (χ4n) is 8.15. The van der Waals surface area contributed by atoms with Crippen molar-refractivity contribution in [2.45, 2.75) is 63.6 Å². The zero-order valence-corrected chi connectivity index (χ0v) is 30.9. The Morgan fingerprint density at radius 2 is 1.58 bits per heavy atom. The van der Waals surface area contributed by atoms with Crippen LogP contribution in [0.5, 0.6) is 11.5 Å². The second-order valence-corrected chi connectivity index (χ2v) is 15.8. The first-order chi connectivity index (χ1) is 25.8. The SMILES string of the molecule is COc1ccc2nc(-c3ccc(N4CC(OC5CCN(CCCCCOc6ccc7c(c6)C(=O)C(C6CCC(=O)CC6=O)C7=O)CC5)C4)cc3)sc2c1. The van der Waals surface area contributed by atoms with Gasteiger partial charge in [-0.2, -0.15) is 0 Å². The lowest BCUT2D eigenvalue weighted by Crippen LogP contribution is -2.54. The van der Waals surface area contributed by atoms with Crippen molar-refractivity contribution in [3.05, 3.63) is 71.8 Å². The van der Waals surface area contributed by atoms with Gasteiger partial charge >= 0.3 is 0 Å². The first kappa shape index (κ1) is 35.6. The number of nitrogens with zero attached hydrogens (tertiary/aromatic N) is 3. The van der Waals surface area contributed by atoms with E-state index in [4.69, 9.17) is 19.2 Å². The lowest BCUT2D eigenvalue weighted by molar-refractivity contribution is -0.133. The number of ether oxygens (including phenoxy) is 3. The summed E-state index contributed by atoms with van der Waals surface area (Å²) in [5, 5.41) is 1.02. The van der Waals surface area contributed by atoms with Crippen LogP contribution in [0.4, 0.5) is 5.69 Å². The third-order valence-corrected chi connectivity index (χ3v) is 12.3. The van der Waals surface area contributed by atoms with Gasteiger partial charge < -0.3 is 24.0 Å². The standard InChI is InChI=1S/C42H45N3O7S/c1-50-30-11-14-36-38(23-30)53-42(43-36)26-5-7-27(8-6-26)45-24-32(25-45)52-29-15-18-44(19-16-29)17-3-2-4-20-51-31-10-13-33-35(22-31)41(49)39(40(33)48)34-12-9-28(46)21-37(34)47/h5-8,10-11,13-14,22-23,29,32,34,39H,2-4,9,12,15-21,24-25H2,1H3. The number of carbonyl (C=O) groups excluding carboxylic acids is 4. The number of fused-ring (bicyclic) bond motifs is 2. The van der Waals surface area contributed by atoms with E-state index in [-0.39, 0.29) is 48.5 Å². The highest BCUT2D eigenvalue weighted by Crippen LogP contribution is 2.38. The Labute approximate surface area is 313 Å². The van der Waals surface area contributed by atoms with E-state index < -0.39 is 11.8 Å². The van der Waals surface area contributed by atoms with E-state index in [0.717, 1.165) is 91.4 Å². The van der Waals surface area contributed by atoms with Crippen molar-refractivity contribution in [2.75, 3.05) is 51.3 Å². The van der Waals surface area contributed by atoms with E-state index in [0.29, 0.717) is 29.6 Å². The Morgan fingerprint density at radius 3 is 2.36 bits per heavy atom. The van der Waals surface area contributed by atoms with Crippen LogP contribution in [0, 0.1) is 11.8 Å². The number of ketones is 4. The number of hydrogen-bond donors (Lipinski definition) is 0. The highest BCUT2D eigenvalue weighted by molar-refractivity contribution is 7.21. The minimum absolute atomic E-state index is 0.118. The molecule has 53 heavy (non-hydrogen) atoms. The maximum absolute atomic E-state index is 13.2. The highest BCUT2D eigenvalue weighted by Gasteiger charge is 2.47. The second kappa shape index (κ2) is 15.5. The average molecular weight is 736 g/mol. The minimum Gasteiger partial charge on any atom is -0.497 e. The van der Waals surface area contributed by atoms with Crippen molar-refractivity contribution < 1.29 is 33.4 Å². The van der Waals surface area contributed by atoms with Gasteiger partial charge in [0, 0.05) is 60.9 Å². The van der Waals surface area contributed by atoms with Crippen LogP contribution in [0.2, 0.25) is 0 Å². The highest BCUT2D eigenvalue weighted by atomic mass is 32.1. The van der Waals surface area contributed by atoms with E-state index >= 15 is 0 Å². The van der Waals surface area contributed by atoms with Gasteiger partial charge in [0.05, 0.1) is 48.5 Å². The number of Topliss-reactive ketones (excluding diaryl/α,β-unsaturated/α-hetero) is 4. The monoisotopic (exact) mass is 735 g/mol. The average Bonchev–Trinajstić information content (AvgIpc) is 3.69. The molecule has 11 heteroatoms. The molecule has 3 aromatic carbocycles. The lowest BCUT2D eigenvalue weighted by atomic mass is 9.76. The normalized spacial score (nSPS) is 21.3. The number of rotatable bonds is 13. The summed E-state index contributed by atoms with van der Waals surface area (Å²) in [6.07, 6.45) is 6.10. The molecule has 10 nitrogen and oxygen atoms in total. The van der Waals surface area contributed by atoms with Gasteiger partial charge in [-0.3, -0.25) is 19.2 Å². The fourth-order valence-corrected chi connectivity index (χ4v) is 9.15. The summed E-state index contributed by atoms with van der Waals surface area (Å²) in [5.41, 5.74) is 4.02. The maximum Gasteiger partial charge on any atom is 0.175 e. The number of piperidine rings is 1. The number of carbonyl (C=O) groups is 4. The minimum atomic E-state index is -1.00. The van der Waals surface area contributed by atoms with Crippen LogP contribution in [0.15, 0.2) is 60.7 Å². The molecule has 2 saturated heterocycles. The van der Waals surface area contributed by atoms with Gasteiger partial charge in [-0.05, 0) is 106 Å². The second-order valence-electron chi connectivity index (χ2n) is 14.8. The molecule has 4 aliphatic rings. The van der Waals surface area contributed by atoms with Gasteiger partial charge in [0.15, 0.2) is 11.6 Å². The van der Waals surface area contributed by atoms with Crippen LogP contribution >= 0.6 is 11.3 Å². The Balaban J connectivity index is 0.703. The summed E-state index contributed by atoms with van der Waals surface area (Å²) >= 11 is 1.68. The van der Waals surface area contributed by atoms with Crippen LogP contribution in [0.25, 0.3) is 20.8 Å². The topological polar surface area (TPSA) is 115 Å². The molecule has 0 N–H and O–H groups in total. The molecule has 3 heterocycles. The molecule has 4 aromatic rings. The predicted molar refractivity (Wildman–Crippen MR) is 203 cm³/mol. The predicted octanol–water partition coefficient (Wildman–Crippen LogP) is 6.82. The molecule has 0 radical (unpaired) electrons. The number of hydrogen-bond acceptors (Lipinski definition) is 11. The molecule has 2 aliphatic carbocycles. The summed E-state index contributed by atoms with van der Waals surface area (Å²) in [5.74, 6) is -1.33. The molecule has 8 rings (SSSR count). The molecule has 276 valence electrons. The molecule has 2 unspecified atom stereocenters. The molecular formula is C42H45N3O7S. The van der Waals surface area contributed by atoms with Crippen molar-refractivity contribution in [3.63, 3.8) is 0 Å². The molecular weight excluding hydrogens is 691 g/mol. The van der Waals surface area contributed by atoms with Gasteiger partial charge in [-0.15, -0.1) is 11.3 Å². The van der Waals surface area contributed by atoms with Crippen LogP contribution in [-0.2, 0) is 14.3 Å². The summed E-state index contributed by atoms with van der Waals surface area (Å²) in [4.78, 5) is 60.0. The smallest absolute Gasteiger partial charge is 0.175 e. The van der Waals surface area contributed by atoms with Gasteiger partial charge in [-0.1, -0.05) is 0 Å². The summed E-state index contributed by atoms with van der Waals surface area (Å²) in [6, 6.07) is 19.7. The van der Waals surface area contributed by atoms with Crippen LogP contribution < -0.4 is 14.4 Å². The number of anilines is 1. The molecule has 0 amide bonds. The number of unbranched alkanes of at least 4 members (excludes halogenated alkanes) is 2. The summed E-state index contributed by atoms with van der Waals surface area (Å²) < 4.78 is 18.9. The molecule has 1 aromatic heterocycles. The van der Waals surface area contributed by atoms with Crippen LogP contribution in [0.1, 0.15) is 72.1 Å². The zero-order chi connectivity index (χ0) is 36.5. The lowest BCUT2D eigenvalue weighted by Gasteiger charge is -2.43. The first-order valence-corrected chi connectivity index (χ1v) is 19.7. The molecule has 1 saturated carbocycles. The van der Waals surface area contributed by atoms with Crippen molar-refractivity contribution in [2.24, 2.45) is 11.8 Å². The van der Waals surface area contributed by atoms with Gasteiger partial charge in [0.2, 0.25) is 0 Å². The van der Waals surface area contributed by atoms with E-state index in [2.05, 4.69) is 34.1 Å². The Kier molecular flexibility index (Phi) is 10.4. The number of aromatic nitrogens is 1. The largest absolute Gasteiger partial charge is 0.497 e. The van der Waals surface area contributed by atoms with E-state index in [1.54, 1.807) is 36.6 Å². The van der Waals surface area contributed by atoms with Gasteiger partial charge in [0.25, 0.3) is 0 Å². The van der Waals surface area contributed by atoms with Crippen molar-refractivity contribution in [1.29, 1.82) is 0 Å². The molecule has 0 spiro atoms. The van der Waals surface area contributed by atoms with Crippen molar-refractivity contribution >= 4 is 50.4 Å². The number of methoxy groups -OCH3 is 1. The Morgan fingerprint density at radius 1 is 0.811 bits per heavy atom. The van der Waals surface area contributed by atoms with Gasteiger partial charge in [0.1, 0.15) is 28.1 Å². The molecule has 0 bridgehead atoms. The van der Waals surface area contributed by atoms with Crippen molar-refractivity contribution in [1.82, 2.24) is 9.88 Å². The quantitative estimate of drug-likeness (QED) is 0.107. The Hall–Kier alpha value is -4.45.